The molecule has 0 bridgehead atoms. The molecular weight excluding hydrogens is 267 g/mol. The molecule has 1 aromatic rings. The summed E-state index contributed by atoms with van der Waals surface area (Å²) in [6, 6.07) is 4.37. The van der Waals surface area contributed by atoms with Crippen molar-refractivity contribution < 1.29 is 19.1 Å². The van der Waals surface area contributed by atoms with Gasteiger partial charge in [0.1, 0.15) is 5.82 Å². The summed E-state index contributed by atoms with van der Waals surface area (Å²) in [6.07, 6.45) is -1.24. The van der Waals surface area contributed by atoms with E-state index in [1.165, 1.54) is 36.2 Å². The highest BCUT2D eigenvalue weighted by atomic mass is 19.1. The summed E-state index contributed by atoms with van der Waals surface area (Å²) in [5.74, 6) is -0.469. The number of carboxylic acid groups (broad SMARTS) is 1. The molecule has 0 radical (unpaired) electrons. The summed E-state index contributed by atoms with van der Waals surface area (Å²) in [7, 11) is 4.39. The van der Waals surface area contributed by atoms with Gasteiger partial charge in [0.25, 0.3) is 0 Å². The van der Waals surface area contributed by atoms with Crippen LogP contribution in [0.2, 0.25) is 0 Å². The number of hydrogen-bond acceptors (Lipinski definition) is 2. The van der Waals surface area contributed by atoms with Crippen LogP contribution < -0.4 is 5.32 Å². The lowest BCUT2D eigenvalue weighted by molar-refractivity contribution is 0.172. The van der Waals surface area contributed by atoms with E-state index in [0.717, 1.165) is 4.90 Å². The molecule has 0 spiro atoms. The van der Waals surface area contributed by atoms with Crippen LogP contribution in [0.15, 0.2) is 29.3 Å². The number of nitrogens with one attached hydrogen (secondary N) is 1. The van der Waals surface area contributed by atoms with Crippen LogP contribution >= 0.6 is 0 Å². The first-order valence-corrected chi connectivity index (χ1v) is 5.60. The molecule has 0 saturated heterocycles. The lowest BCUT2D eigenvalue weighted by Crippen LogP contribution is -2.41. The average Bonchev–Trinajstić information content (AvgIpc) is 2.37. The first-order chi connectivity index (χ1) is 9.31. The molecule has 0 aliphatic rings. The third kappa shape index (κ3) is 4.23. The molecule has 20 heavy (non-hydrogen) atoms. The number of hydrogen-bond donors (Lipinski definition) is 2. The number of urea groups is 1. The lowest BCUT2D eigenvalue weighted by atomic mass is 10.3. The van der Waals surface area contributed by atoms with E-state index in [0.29, 0.717) is 5.69 Å². The summed E-state index contributed by atoms with van der Waals surface area (Å²) in [5, 5.41) is 11.3. The van der Waals surface area contributed by atoms with Crippen molar-refractivity contribution in [3.63, 3.8) is 0 Å². The molecule has 1 aromatic carbocycles. The molecule has 8 heteroatoms. The molecule has 0 aromatic heterocycles. The Morgan fingerprint density at radius 2 is 1.75 bits per heavy atom. The molecule has 108 valence electrons. The van der Waals surface area contributed by atoms with Crippen molar-refractivity contribution in [2.24, 2.45) is 4.99 Å². The van der Waals surface area contributed by atoms with Gasteiger partial charge in [-0.3, -0.25) is 4.90 Å². The standard InChI is InChI=1S/C12H15FN4O3/c1-16(2)11(17(3)12(19)20)15-10(18)14-9-6-4-8(13)5-7-9/h4-7H,1-3H3,(H,14,18)(H,19,20). The molecule has 0 aliphatic heterocycles. The zero-order chi connectivity index (χ0) is 15.3. The number of carbonyl (C=O) groups is 2. The van der Waals surface area contributed by atoms with E-state index in [-0.39, 0.29) is 5.96 Å². The van der Waals surface area contributed by atoms with Crippen molar-refractivity contribution in [3.05, 3.63) is 30.1 Å². The predicted octanol–water partition coefficient (Wildman–Crippen LogP) is 1.89. The van der Waals surface area contributed by atoms with Crippen LogP contribution in [0.5, 0.6) is 0 Å². The van der Waals surface area contributed by atoms with Gasteiger partial charge in [-0.2, -0.15) is 4.99 Å². The number of guanidine groups is 1. The quantitative estimate of drug-likeness (QED) is 0.608. The van der Waals surface area contributed by atoms with Crippen LogP contribution in [0.25, 0.3) is 0 Å². The molecule has 0 saturated carbocycles. The van der Waals surface area contributed by atoms with Crippen LogP contribution in [0.4, 0.5) is 19.7 Å². The van der Waals surface area contributed by atoms with Crippen LogP contribution in [-0.2, 0) is 0 Å². The third-order valence-electron chi connectivity index (χ3n) is 2.28. The number of benzene rings is 1. The van der Waals surface area contributed by atoms with Gasteiger partial charge >= 0.3 is 12.1 Å². The number of halogens is 1. The molecule has 7 nitrogen and oxygen atoms in total. The van der Waals surface area contributed by atoms with Gasteiger partial charge in [0.15, 0.2) is 0 Å². The van der Waals surface area contributed by atoms with E-state index < -0.39 is 17.9 Å². The molecular formula is C12H15FN4O3. The van der Waals surface area contributed by atoms with Gasteiger partial charge in [-0.15, -0.1) is 0 Å². The minimum absolute atomic E-state index is 0.0443. The Balaban J connectivity index is 2.86. The number of nitrogens with zero attached hydrogens (tertiary/aromatic N) is 3. The Morgan fingerprint density at radius 3 is 2.20 bits per heavy atom. The zero-order valence-electron chi connectivity index (χ0n) is 11.3. The SMILES string of the molecule is CN(C)C(=NC(=O)Nc1ccc(F)cc1)N(C)C(=O)O. The van der Waals surface area contributed by atoms with E-state index in [2.05, 4.69) is 10.3 Å². The largest absolute Gasteiger partial charge is 0.465 e. The fourth-order valence-electron chi connectivity index (χ4n) is 1.34. The van der Waals surface area contributed by atoms with E-state index in [1.807, 2.05) is 0 Å². The summed E-state index contributed by atoms with van der Waals surface area (Å²) in [6.45, 7) is 0. The van der Waals surface area contributed by atoms with Crippen LogP contribution in [-0.4, -0.2) is 54.1 Å². The normalized spacial score (nSPS) is 10.9. The van der Waals surface area contributed by atoms with E-state index >= 15 is 0 Å². The van der Waals surface area contributed by atoms with Gasteiger partial charge < -0.3 is 15.3 Å². The van der Waals surface area contributed by atoms with E-state index in [4.69, 9.17) is 5.11 Å². The molecule has 1 rings (SSSR count). The van der Waals surface area contributed by atoms with Crippen LogP contribution in [0.3, 0.4) is 0 Å². The highest BCUT2D eigenvalue weighted by Crippen LogP contribution is 2.08. The van der Waals surface area contributed by atoms with E-state index in [9.17, 15) is 14.0 Å². The number of amides is 3. The summed E-state index contributed by atoms with van der Waals surface area (Å²) >= 11 is 0. The topological polar surface area (TPSA) is 85.2 Å². The fourth-order valence-corrected chi connectivity index (χ4v) is 1.34. The maximum atomic E-state index is 12.7. The Morgan fingerprint density at radius 1 is 1.20 bits per heavy atom. The van der Waals surface area contributed by atoms with Gasteiger partial charge in [-0.05, 0) is 24.3 Å². The molecule has 3 amide bonds. The minimum atomic E-state index is -1.24. The Labute approximate surface area is 115 Å². The van der Waals surface area contributed by atoms with Crippen molar-refractivity contribution in [2.75, 3.05) is 26.5 Å². The van der Waals surface area contributed by atoms with Crippen LogP contribution in [0.1, 0.15) is 0 Å². The second-order valence-corrected chi connectivity index (χ2v) is 4.08. The molecule has 2 N–H and O–H groups in total. The monoisotopic (exact) mass is 282 g/mol. The highest BCUT2D eigenvalue weighted by Gasteiger charge is 2.17. The number of aliphatic imine (C=N–C) groups is 1. The smallest absolute Gasteiger partial charge is 0.413 e. The molecule has 0 heterocycles. The molecule has 0 unspecified atom stereocenters. The second-order valence-electron chi connectivity index (χ2n) is 4.08. The zero-order valence-corrected chi connectivity index (χ0v) is 11.3. The summed E-state index contributed by atoms with van der Waals surface area (Å²) < 4.78 is 12.7. The van der Waals surface area contributed by atoms with Gasteiger partial charge in [0.05, 0.1) is 0 Å². The highest BCUT2D eigenvalue weighted by molar-refractivity contribution is 6.02. The number of carbonyl (C=O) groups excluding carboxylic acids is 1. The minimum Gasteiger partial charge on any atom is -0.465 e. The summed E-state index contributed by atoms with van der Waals surface area (Å²) in [4.78, 5) is 28.4. The first kappa shape index (κ1) is 15.4. The van der Waals surface area contributed by atoms with Gasteiger partial charge in [-0.25, -0.2) is 14.0 Å². The van der Waals surface area contributed by atoms with Gasteiger partial charge in [-0.1, -0.05) is 0 Å². The number of anilines is 1. The maximum absolute atomic E-state index is 12.7. The van der Waals surface area contributed by atoms with Gasteiger partial charge in [0.2, 0.25) is 5.96 Å². The predicted molar refractivity (Wildman–Crippen MR) is 72.3 cm³/mol. The average molecular weight is 282 g/mol. The third-order valence-corrected chi connectivity index (χ3v) is 2.28. The maximum Gasteiger partial charge on any atom is 0.413 e. The lowest BCUT2D eigenvalue weighted by Gasteiger charge is -2.21. The van der Waals surface area contributed by atoms with Crippen molar-refractivity contribution in [3.8, 4) is 0 Å². The van der Waals surface area contributed by atoms with Crippen molar-refractivity contribution in [2.45, 2.75) is 0 Å². The van der Waals surface area contributed by atoms with E-state index in [1.54, 1.807) is 14.1 Å². The fraction of sp³-hybridized carbons (Fsp3) is 0.250. The molecule has 0 fully saturated rings. The summed E-state index contributed by atoms with van der Waals surface area (Å²) in [5.41, 5.74) is 0.358. The molecule has 0 aliphatic carbocycles. The van der Waals surface area contributed by atoms with Crippen molar-refractivity contribution in [1.29, 1.82) is 0 Å². The first-order valence-electron chi connectivity index (χ1n) is 5.60. The number of rotatable bonds is 1. The van der Waals surface area contributed by atoms with Crippen molar-refractivity contribution >= 4 is 23.8 Å². The Bertz CT molecular complexity index is 528. The Hall–Kier alpha value is -2.64. The van der Waals surface area contributed by atoms with Crippen molar-refractivity contribution in [1.82, 2.24) is 9.80 Å². The Kier molecular flexibility index (Phi) is 5.01. The molecule has 0 atom stereocenters. The van der Waals surface area contributed by atoms with Gasteiger partial charge in [0, 0.05) is 26.8 Å². The van der Waals surface area contributed by atoms with Crippen LogP contribution in [0, 0.1) is 5.82 Å². The second kappa shape index (κ2) is 6.50.